The van der Waals surface area contributed by atoms with Crippen LogP contribution in [0.5, 0.6) is 28.7 Å². The fraction of sp³-hybridized carbons (Fsp3) is 0.486. The molecule has 49 heavy (non-hydrogen) atoms. The van der Waals surface area contributed by atoms with Gasteiger partial charge in [0, 0.05) is 24.2 Å². The molecular weight excluding hydrogens is 640 g/mol. The van der Waals surface area contributed by atoms with Crippen LogP contribution in [0.2, 0.25) is 0 Å². The second-order valence-electron chi connectivity index (χ2n) is 11.8. The molecule has 2 aromatic carbocycles. The summed E-state index contributed by atoms with van der Waals surface area (Å²) in [5, 5.41) is 54.2. The average Bonchev–Trinajstić information content (AvgIpc) is 3.10. The number of methoxy groups -OCH3 is 2. The average molecular weight is 687 g/mol. The number of pyridine rings is 1. The lowest BCUT2D eigenvalue weighted by Crippen LogP contribution is -2.60. The Balaban J connectivity index is 1.64. The van der Waals surface area contributed by atoms with Crippen molar-refractivity contribution in [2.45, 2.75) is 76.2 Å². The molecule has 1 saturated heterocycles. The summed E-state index contributed by atoms with van der Waals surface area (Å²) in [6.45, 7) is 1.70. The smallest absolute Gasteiger partial charge is 0.297 e. The maximum absolute atomic E-state index is 13.7. The second kappa shape index (κ2) is 17.4. The quantitative estimate of drug-likeness (QED) is 0.0953. The predicted molar refractivity (Wildman–Crippen MR) is 181 cm³/mol. The number of hydrogen-bond donors (Lipinski definition) is 6. The van der Waals surface area contributed by atoms with Crippen molar-refractivity contribution < 1.29 is 54.0 Å². The number of nitrogens with one attached hydrogen (secondary N) is 1. The Morgan fingerprint density at radius 1 is 0.959 bits per heavy atom. The lowest BCUT2D eigenvalue weighted by Gasteiger charge is -2.39. The molecule has 2 heterocycles. The number of ether oxygens (including phenoxy) is 5. The predicted octanol–water partition coefficient (Wildman–Crippen LogP) is 2.83. The molecule has 0 aliphatic carbocycles. The van der Waals surface area contributed by atoms with E-state index in [4.69, 9.17) is 23.7 Å². The fourth-order valence-corrected chi connectivity index (χ4v) is 5.51. The molecule has 1 aliphatic heterocycles. The van der Waals surface area contributed by atoms with Gasteiger partial charge >= 0.3 is 0 Å². The van der Waals surface area contributed by atoms with Crippen LogP contribution in [-0.2, 0) is 16.6 Å². The monoisotopic (exact) mass is 686 g/mol. The van der Waals surface area contributed by atoms with Crippen molar-refractivity contribution in [2.75, 3.05) is 32.8 Å². The van der Waals surface area contributed by atoms with E-state index in [-0.39, 0.29) is 35.4 Å². The molecule has 5 atom stereocenters. The molecular formula is C35H46N2O12. The molecule has 0 radical (unpaired) electrons. The van der Waals surface area contributed by atoms with Gasteiger partial charge in [0.1, 0.15) is 24.4 Å². The molecule has 0 unspecified atom stereocenters. The lowest BCUT2D eigenvalue weighted by atomic mass is 9.99. The van der Waals surface area contributed by atoms with Crippen LogP contribution < -0.4 is 29.8 Å². The number of anilines is 1. The molecule has 1 aromatic heterocycles. The van der Waals surface area contributed by atoms with E-state index >= 15 is 0 Å². The van der Waals surface area contributed by atoms with E-state index in [2.05, 4.69) is 12.2 Å². The van der Waals surface area contributed by atoms with Crippen LogP contribution in [-0.4, -0.2) is 94.1 Å². The minimum absolute atomic E-state index is 0.0681. The van der Waals surface area contributed by atoms with Gasteiger partial charge in [-0.3, -0.25) is 9.59 Å². The summed E-state index contributed by atoms with van der Waals surface area (Å²) in [5.41, 5.74) is 0.659. The number of carbonyl (C=O) groups is 1. The molecule has 268 valence electrons. The maximum Gasteiger partial charge on any atom is 0.297 e. The number of carbonyl (C=O) groups excluding carboxylic acids is 1. The third kappa shape index (κ3) is 8.83. The summed E-state index contributed by atoms with van der Waals surface area (Å²) in [4.78, 5) is 26.6. The Bertz CT molecular complexity index is 1650. The van der Waals surface area contributed by atoms with Gasteiger partial charge in [-0.25, -0.2) is 0 Å². The summed E-state index contributed by atoms with van der Waals surface area (Å²) >= 11 is 0. The second-order valence-corrected chi connectivity index (χ2v) is 11.8. The normalized spacial score (nSPS) is 20.8. The van der Waals surface area contributed by atoms with Gasteiger partial charge in [-0.05, 0) is 48.4 Å². The minimum atomic E-state index is -1.72. The van der Waals surface area contributed by atoms with E-state index in [0.29, 0.717) is 28.6 Å². The van der Waals surface area contributed by atoms with Gasteiger partial charge in [-0.1, -0.05) is 39.0 Å². The number of aryl methyl sites for hydroxylation is 1. The fourth-order valence-electron chi connectivity index (χ4n) is 5.51. The van der Waals surface area contributed by atoms with Crippen LogP contribution in [0.1, 0.15) is 51.0 Å². The lowest BCUT2D eigenvalue weighted by molar-refractivity contribution is -0.277. The summed E-state index contributed by atoms with van der Waals surface area (Å²) in [6, 6.07) is 7.82. The van der Waals surface area contributed by atoms with Crippen LogP contribution in [0.15, 0.2) is 41.2 Å². The summed E-state index contributed by atoms with van der Waals surface area (Å²) < 4.78 is 29.3. The third-order valence-corrected chi connectivity index (χ3v) is 8.33. The topological polar surface area (TPSA) is 198 Å². The van der Waals surface area contributed by atoms with Crippen LogP contribution >= 0.6 is 0 Å². The molecule has 0 saturated carbocycles. The first-order valence-electron chi connectivity index (χ1n) is 16.2. The van der Waals surface area contributed by atoms with Crippen LogP contribution in [0.3, 0.4) is 0 Å². The number of amides is 1. The van der Waals surface area contributed by atoms with Crippen LogP contribution in [0, 0.1) is 0 Å². The van der Waals surface area contributed by atoms with Crippen molar-refractivity contribution in [3.8, 4) is 28.7 Å². The van der Waals surface area contributed by atoms with Gasteiger partial charge in [0.15, 0.2) is 17.2 Å². The Labute approximate surface area is 284 Å². The number of rotatable bonds is 16. The molecule has 1 aliphatic rings. The number of aromatic hydroxyl groups is 1. The number of unbranched alkanes of at least 4 members (excludes halogenated alkanes) is 5. The zero-order valence-electron chi connectivity index (χ0n) is 28.1. The summed E-state index contributed by atoms with van der Waals surface area (Å²) in [6.07, 6.45) is 0.976. The van der Waals surface area contributed by atoms with Crippen LogP contribution in [0.25, 0.3) is 17.0 Å². The van der Waals surface area contributed by atoms with E-state index in [0.717, 1.165) is 32.1 Å². The number of aliphatic hydroxyl groups excluding tert-OH is 4. The van der Waals surface area contributed by atoms with Gasteiger partial charge < -0.3 is 59.1 Å². The number of aromatic nitrogens is 1. The van der Waals surface area contributed by atoms with E-state index in [1.165, 1.54) is 50.1 Å². The Morgan fingerprint density at radius 2 is 1.63 bits per heavy atom. The largest absolute Gasteiger partial charge is 0.502 e. The number of aliphatic hydroxyl groups is 4. The molecule has 6 N–H and O–H groups in total. The van der Waals surface area contributed by atoms with Crippen molar-refractivity contribution >= 4 is 28.6 Å². The highest BCUT2D eigenvalue weighted by molar-refractivity contribution is 6.03. The zero-order valence-corrected chi connectivity index (χ0v) is 28.1. The number of hydrogen-bond acceptors (Lipinski definition) is 12. The number of fused-ring (bicyclic) bond motifs is 1. The molecule has 14 heteroatoms. The molecule has 0 spiro atoms. The molecule has 0 bridgehead atoms. The molecule has 4 rings (SSSR count). The Morgan fingerprint density at radius 3 is 2.29 bits per heavy atom. The summed E-state index contributed by atoms with van der Waals surface area (Å²) in [5.74, 6) is -0.522. The molecule has 1 amide bonds. The standard InChI is InChI=1S/C35H46N2O12/c1-5-6-7-8-9-10-15-47-33-32(49-35-31(43)30(42)29(41)26(19-38)48-35)22-13-12-21(18-23(22)37(2)34(33)44)36-27(39)14-11-20-16-24(45-3)28(40)25(17-20)46-4/h11-14,16-18,26,29-31,35,38,40-43H,5-10,15,19H2,1-4H3,(H,36,39)/t26-,29-,30+,31+,35-/m1/s1. The van der Waals surface area contributed by atoms with Gasteiger partial charge in [0.05, 0.1) is 33.0 Å². The minimum Gasteiger partial charge on any atom is -0.502 e. The first-order valence-corrected chi connectivity index (χ1v) is 16.2. The third-order valence-electron chi connectivity index (χ3n) is 8.33. The van der Waals surface area contributed by atoms with Crippen molar-refractivity contribution in [2.24, 2.45) is 7.05 Å². The van der Waals surface area contributed by atoms with Gasteiger partial charge in [-0.2, -0.15) is 0 Å². The number of phenolic OH excluding ortho intramolecular Hbond substituents is 1. The van der Waals surface area contributed by atoms with Gasteiger partial charge in [0.2, 0.25) is 23.7 Å². The van der Waals surface area contributed by atoms with Crippen molar-refractivity contribution in [1.29, 1.82) is 0 Å². The van der Waals surface area contributed by atoms with E-state index in [1.54, 1.807) is 18.2 Å². The van der Waals surface area contributed by atoms with Crippen molar-refractivity contribution in [3.05, 3.63) is 52.3 Å². The molecule has 1 fully saturated rings. The van der Waals surface area contributed by atoms with Gasteiger partial charge in [0.25, 0.3) is 5.56 Å². The Hall–Kier alpha value is -4.34. The Kier molecular flexibility index (Phi) is 13.3. The first kappa shape index (κ1) is 37.5. The van der Waals surface area contributed by atoms with Crippen molar-refractivity contribution in [3.63, 3.8) is 0 Å². The highest BCUT2D eigenvalue weighted by Crippen LogP contribution is 2.38. The maximum atomic E-state index is 13.7. The number of benzene rings is 2. The highest BCUT2D eigenvalue weighted by Gasteiger charge is 2.45. The van der Waals surface area contributed by atoms with E-state index in [9.17, 15) is 35.1 Å². The SMILES string of the molecule is CCCCCCCCOc1c(O[C@H]2O[C@H](CO)[C@@H](O)[C@H](O)[C@@H]2O)c2ccc(NC(=O)C=Cc3cc(OC)c(O)c(OC)c3)cc2n(C)c1=O. The molecule has 14 nitrogen and oxygen atoms in total. The number of nitrogens with zero attached hydrogens (tertiary/aromatic N) is 1. The molecule has 3 aromatic rings. The highest BCUT2D eigenvalue weighted by atomic mass is 16.7. The van der Waals surface area contributed by atoms with Gasteiger partial charge in [-0.15, -0.1) is 0 Å². The van der Waals surface area contributed by atoms with Crippen molar-refractivity contribution in [1.82, 2.24) is 4.57 Å². The van der Waals surface area contributed by atoms with E-state index < -0.39 is 48.8 Å². The van der Waals surface area contributed by atoms with E-state index in [1.807, 2.05) is 0 Å². The number of phenols is 1. The zero-order chi connectivity index (χ0) is 35.7. The first-order chi connectivity index (χ1) is 23.5. The van der Waals surface area contributed by atoms with Crippen LogP contribution in [0.4, 0.5) is 5.69 Å². The summed E-state index contributed by atoms with van der Waals surface area (Å²) in [7, 11) is 4.33.